The first-order chi connectivity index (χ1) is 10.2. The van der Waals surface area contributed by atoms with Crippen molar-refractivity contribution < 1.29 is 9.84 Å². The summed E-state index contributed by atoms with van der Waals surface area (Å²) in [4.78, 5) is 0. The van der Waals surface area contributed by atoms with Gasteiger partial charge >= 0.3 is 0 Å². The van der Waals surface area contributed by atoms with Gasteiger partial charge < -0.3 is 9.84 Å². The van der Waals surface area contributed by atoms with Crippen LogP contribution >= 0.6 is 0 Å². The first-order valence-electron chi connectivity index (χ1n) is 7.72. The molecular formula is C19H22O2. The van der Waals surface area contributed by atoms with E-state index in [1.807, 2.05) is 24.3 Å². The Morgan fingerprint density at radius 1 is 1.14 bits per heavy atom. The Morgan fingerprint density at radius 3 is 2.67 bits per heavy atom. The minimum atomic E-state index is -0.427. The zero-order valence-corrected chi connectivity index (χ0v) is 12.5. The molecule has 1 unspecified atom stereocenters. The summed E-state index contributed by atoms with van der Waals surface area (Å²) in [7, 11) is 0. The van der Waals surface area contributed by atoms with Gasteiger partial charge in [-0.15, -0.1) is 0 Å². The predicted molar refractivity (Wildman–Crippen MR) is 84.7 cm³/mol. The Labute approximate surface area is 126 Å². The number of aliphatic hydroxyl groups is 1. The molecule has 0 spiro atoms. The van der Waals surface area contributed by atoms with E-state index >= 15 is 0 Å². The van der Waals surface area contributed by atoms with Crippen LogP contribution in [0.4, 0.5) is 0 Å². The number of hydrogen-bond acceptors (Lipinski definition) is 2. The van der Waals surface area contributed by atoms with Crippen LogP contribution in [-0.4, -0.2) is 11.7 Å². The van der Waals surface area contributed by atoms with Gasteiger partial charge in [0, 0.05) is 5.92 Å². The van der Waals surface area contributed by atoms with Crippen molar-refractivity contribution in [1.82, 2.24) is 0 Å². The molecule has 0 aromatic heterocycles. The summed E-state index contributed by atoms with van der Waals surface area (Å²) in [6.07, 6.45) is 3.20. The molecule has 2 heteroatoms. The maximum absolute atomic E-state index is 9.52. The third kappa shape index (κ3) is 3.27. The molecule has 1 N–H and O–H groups in total. The highest BCUT2D eigenvalue weighted by atomic mass is 16.5. The van der Waals surface area contributed by atoms with Gasteiger partial charge in [-0.25, -0.2) is 0 Å². The van der Waals surface area contributed by atoms with Crippen LogP contribution in [0.5, 0.6) is 5.75 Å². The topological polar surface area (TPSA) is 29.5 Å². The molecule has 0 amide bonds. The number of benzene rings is 2. The predicted octanol–water partition coefficient (Wildman–Crippen LogP) is 4.24. The van der Waals surface area contributed by atoms with Crippen molar-refractivity contribution in [1.29, 1.82) is 0 Å². The lowest BCUT2D eigenvalue weighted by Gasteiger charge is -2.25. The number of aryl methyl sites for hydroxylation is 1. The molecule has 0 saturated heterocycles. The molecule has 2 aromatic rings. The molecule has 2 nitrogen and oxygen atoms in total. The second kappa shape index (κ2) is 6.31. The van der Waals surface area contributed by atoms with Crippen molar-refractivity contribution in [3.8, 4) is 5.75 Å². The summed E-state index contributed by atoms with van der Waals surface area (Å²) in [5, 5.41) is 9.52. The third-order valence-electron chi connectivity index (χ3n) is 4.31. The zero-order valence-electron chi connectivity index (χ0n) is 12.5. The molecule has 110 valence electrons. The van der Waals surface area contributed by atoms with Crippen molar-refractivity contribution in [2.45, 2.75) is 38.2 Å². The van der Waals surface area contributed by atoms with Gasteiger partial charge in [-0.3, -0.25) is 0 Å². The molecule has 1 aliphatic carbocycles. The fourth-order valence-corrected chi connectivity index (χ4v) is 3.07. The lowest BCUT2D eigenvalue weighted by atomic mass is 9.83. The van der Waals surface area contributed by atoms with Gasteiger partial charge in [0.05, 0.1) is 12.7 Å². The van der Waals surface area contributed by atoms with E-state index in [0.29, 0.717) is 5.92 Å². The molecule has 21 heavy (non-hydrogen) atoms. The summed E-state index contributed by atoms with van der Waals surface area (Å²) in [5.74, 6) is 1.37. The molecule has 0 radical (unpaired) electrons. The number of ether oxygens (including phenoxy) is 1. The van der Waals surface area contributed by atoms with Crippen molar-refractivity contribution in [3.63, 3.8) is 0 Å². The van der Waals surface area contributed by atoms with Gasteiger partial charge in [-0.2, -0.15) is 0 Å². The van der Waals surface area contributed by atoms with Crippen molar-refractivity contribution >= 4 is 0 Å². The lowest BCUT2D eigenvalue weighted by molar-refractivity contribution is 0.199. The molecule has 2 aromatic carbocycles. The fourth-order valence-electron chi connectivity index (χ4n) is 3.07. The van der Waals surface area contributed by atoms with E-state index < -0.39 is 6.10 Å². The smallest absolute Gasteiger partial charge is 0.119 e. The number of rotatable bonds is 4. The maximum Gasteiger partial charge on any atom is 0.119 e. The van der Waals surface area contributed by atoms with E-state index in [9.17, 15) is 5.11 Å². The van der Waals surface area contributed by atoms with Crippen molar-refractivity contribution in [2.75, 3.05) is 6.61 Å². The Kier molecular flexibility index (Phi) is 4.26. The van der Waals surface area contributed by atoms with Gasteiger partial charge in [0.25, 0.3) is 0 Å². The van der Waals surface area contributed by atoms with Gasteiger partial charge in [0.2, 0.25) is 0 Å². The van der Waals surface area contributed by atoms with Gasteiger partial charge in [0.1, 0.15) is 5.75 Å². The standard InChI is InChI=1S/C19H22O2/c1-14(20)15-9-11-18(12-10-15)21-13-17-7-4-6-16-5-2-3-8-19(16)17/h2-3,5,8-12,14,17,20H,4,6-7,13H2,1H3/t14-,17?/m0/s1. The first-order valence-corrected chi connectivity index (χ1v) is 7.72. The largest absolute Gasteiger partial charge is 0.493 e. The van der Waals surface area contributed by atoms with Crippen molar-refractivity contribution in [2.24, 2.45) is 0 Å². The highest BCUT2D eigenvalue weighted by Crippen LogP contribution is 2.32. The summed E-state index contributed by atoms with van der Waals surface area (Å²) in [6, 6.07) is 16.4. The molecule has 1 aliphatic rings. The van der Waals surface area contributed by atoms with Crippen LogP contribution in [0, 0.1) is 0 Å². The van der Waals surface area contributed by atoms with E-state index in [1.165, 1.54) is 30.4 Å². The molecule has 3 rings (SSSR count). The van der Waals surface area contributed by atoms with Crippen LogP contribution in [0.25, 0.3) is 0 Å². The average Bonchev–Trinajstić information content (AvgIpc) is 2.53. The number of hydrogen-bond donors (Lipinski definition) is 1. The molecule has 0 saturated carbocycles. The van der Waals surface area contributed by atoms with E-state index in [0.717, 1.165) is 17.9 Å². The molecule has 0 fully saturated rings. The average molecular weight is 282 g/mol. The first kappa shape index (κ1) is 14.2. The van der Waals surface area contributed by atoms with Crippen molar-refractivity contribution in [3.05, 3.63) is 65.2 Å². The van der Waals surface area contributed by atoms with E-state index in [-0.39, 0.29) is 0 Å². The van der Waals surface area contributed by atoms with Crippen LogP contribution in [0.15, 0.2) is 48.5 Å². The van der Waals surface area contributed by atoms with E-state index in [4.69, 9.17) is 4.74 Å². The highest BCUT2D eigenvalue weighted by Gasteiger charge is 2.20. The summed E-state index contributed by atoms with van der Waals surface area (Å²) >= 11 is 0. The van der Waals surface area contributed by atoms with E-state index in [2.05, 4.69) is 24.3 Å². The second-order valence-corrected chi connectivity index (χ2v) is 5.84. The van der Waals surface area contributed by atoms with Crippen LogP contribution < -0.4 is 4.74 Å². The minimum Gasteiger partial charge on any atom is -0.493 e. The zero-order chi connectivity index (χ0) is 14.7. The van der Waals surface area contributed by atoms with Crippen LogP contribution in [0.3, 0.4) is 0 Å². The normalized spacial score (nSPS) is 18.9. The Morgan fingerprint density at radius 2 is 1.90 bits per heavy atom. The monoisotopic (exact) mass is 282 g/mol. The van der Waals surface area contributed by atoms with Gasteiger partial charge in [-0.1, -0.05) is 36.4 Å². The number of fused-ring (bicyclic) bond motifs is 1. The second-order valence-electron chi connectivity index (χ2n) is 5.84. The van der Waals surface area contributed by atoms with Crippen LogP contribution in [0.1, 0.15) is 48.5 Å². The highest BCUT2D eigenvalue weighted by molar-refractivity contribution is 5.33. The van der Waals surface area contributed by atoms with Crippen LogP contribution in [-0.2, 0) is 6.42 Å². The summed E-state index contributed by atoms with van der Waals surface area (Å²) in [6.45, 7) is 2.50. The Hall–Kier alpha value is -1.80. The molecule has 0 bridgehead atoms. The summed E-state index contributed by atoms with van der Waals surface area (Å²) in [5.41, 5.74) is 3.84. The molecule has 0 aliphatic heterocycles. The SMILES string of the molecule is C[C@H](O)c1ccc(OCC2CCCc3ccccc32)cc1. The summed E-state index contributed by atoms with van der Waals surface area (Å²) < 4.78 is 5.96. The molecule has 0 heterocycles. The molecular weight excluding hydrogens is 260 g/mol. The minimum absolute atomic E-state index is 0.427. The lowest BCUT2D eigenvalue weighted by Crippen LogP contribution is -2.16. The van der Waals surface area contributed by atoms with Crippen LogP contribution in [0.2, 0.25) is 0 Å². The maximum atomic E-state index is 9.52. The number of aliphatic hydroxyl groups excluding tert-OH is 1. The van der Waals surface area contributed by atoms with Gasteiger partial charge in [0.15, 0.2) is 0 Å². The van der Waals surface area contributed by atoms with Gasteiger partial charge in [-0.05, 0) is 55.0 Å². The van der Waals surface area contributed by atoms with E-state index in [1.54, 1.807) is 6.92 Å². The quantitative estimate of drug-likeness (QED) is 0.909. The molecule has 2 atom stereocenters. The fraction of sp³-hybridized carbons (Fsp3) is 0.368. The Bertz CT molecular complexity index is 587. The Balaban J connectivity index is 1.66. The third-order valence-corrected chi connectivity index (χ3v) is 4.31.